The van der Waals surface area contributed by atoms with Crippen LogP contribution < -0.4 is 0 Å². The molecule has 5 heteroatoms. The van der Waals surface area contributed by atoms with E-state index in [1.54, 1.807) is 17.0 Å². The maximum absolute atomic E-state index is 11.8. The molecule has 0 atom stereocenters. The number of benzene rings is 1. The summed E-state index contributed by atoms with van der Waals surface area (Å²) < 4.78 is 5.33. The molecule has 126 valence electrons. The zero-order chi connectivity index (χ0) is 17.0. The van der Waals surface area contributed by atoms with Gasteiger partial charge in [0.25, 0.3) is 0 Å². The molecule has 0 aliphatic carbocycles. The van der Waals surface area contributed by atoms with E-state index < -0.39 is 11.6 Å². The van der Waals surface area contributed by atoms with Crippen LogP contribution in [-0.2, 0) is 11.2 Å². The Bertz CT molecular complexity index is 553. The lowest BCUT2D eigenvalue weighted by Gasteiger charge is -2.39. The molecular weight excluding hydrogens is 294 g/mol. The monoisotopic (exact) mass is 319 g/mol. The Morgan fingerprint density at radius 1 is 1.22 bits per heavy atom. The van der Waals surface area contributed by atoms with Gasteiger partial charge in [-0.3, -0.25) is 0 Å². The highest BCUT2D eigenvalue weighted by molar-refractivity contribution is 5.87. The van der Waals surface area contributed by atoms with Crippen molar-refractivity contribution in [2.24, 2.45) is 5.92 Å². The summed E-state index contributed by atoms with van der Waals surface area (Å²) >= 11 is 0. The lowest BCUT2D eigenvalue weighted by Crippen LogP contribution is -2.51. The summed E-state index contributed by atoms with van der Waals surface area (Å²) in [6.45, 7) is 7.16. The normalized spacial score (nSPS) is 15.2. The van der Waals surface area contributed by atoms with Crippen molar-refractivity contribution in [3.05, 3.63) is 35.4 Å². The predicted molar refractivity (Wildman–Crippen MR) is 87.6 cm³/mol. The van der Waals surface area contributed by atoms with Gasteiger partial charge in [0.15, 0.2) is 0 Å². The third-order valence-corrected chi connectivity index (χ3v) is 3.89. The summed E-state index contributed by atoms with van der Waals surface area (Å²) in [6.07, 6.45) is 2.82. The first kappa shape index (κ1) is 17.3. The average molecular weight is 319 g/mol. The van der Waals surface area contributed by atoms with E-state index in [1.807, 2.05) is 32.9 Å². The molecule has 2 rings (SSSR count). The molecule has 1 N–H and O–H groups in total. The number of hydrogen-bond donors (Lipinski definition) is 1. The lowest BCUT2D eigenvalue weighted by molar-refractivity contribution is -0.00234. The highest BCUT2D eigenvalue weighted by Crippen LogP contribution is 2.24. The predicted octanol–water partition coefficient (Wildman–Crippen LogP) is 3.57. The van der Waals surface area contributed by atoms with Crippen molar-refractivity contribution in [3.63, 3.8) is 0 Å². The molecule has 0 unspecified atom stereocenters. The Morgan fingerprint density at radius 3 is 2.35 bits per heavy atom. The molecule has 1 aromatic rings. The standard InChI is InChI=1S/C18H25NO4/c1-18(2,3)23-17(22)19-11-14(12-19)6-4-5-13-7-9-15(10-8-13)16(20)21/h7-10,14H,4-6,11-12H2,1-3H3,(H,20,21). The molecule has 1 aliphatic rings. The van der Waals surface area contributed by atoms with Gasteiger partial charge in [-0.25, -0.2) is 9.59 Å². The average Bonchev–Trinajstić information content (AvgIpc) is 2.39. The topological polar surface area (TPSA) is 66.8 Å². The molecule has 23 heavy (non-hydrogen) atoms. The number of carbonyl (C=O) groups is 2. The second-order valence-corrected chi connectivity index (χ2v) is 7.15. The molecule has 1 aromatic carbocycles. The third-order valence-electron chi connectivity index (χ3n) is 3.89. The summed E-state index contributed by atoms with van der Waals surface area (Å²) in [4.78, 5) is 24.4. The van der Waals surface area contributed by atoms with Crippen molar-refractivity contribution >= 4 is 12.1 Å². The van der Waals surface area contributed by atoms with E-state index in [4.69, 9.17) is 9.84 Å². The van der Waals surface area contributed by atoms with Gasteiger partial charge in [0, 0.05) is 13.1 Å². The van der Waals surface area contributed by atoms with Crippen LogP contribution in [-0.4, -0.2) is 40.8 Å². The van der Waals surface area contributed by atoms with Crippen molar-refractivity contribution in [2.75, 3.05) is 13.1 Å². The number of ether oxygens (including phenoxy) is 1. The van der Waals surface area contributed by atoms with Gasteiger partial charge in [-0.2, -0.15) is 0 Å². The number of amides is 1. The fourth-order valence-electron chi connectivity index (χ4n) is 2.64. The summed E-state index contributed by atoms with van der Waals surface area (Å²) in [5.74, 6) is -0.353. The van der Waals surface area contributed by atoms with Gasteiger partial charge in [0.05, 0.1) is 5.56 Å². The summed E-state index contributed by atoms with van der Waals surface area (Å²) in [7, 11) is 0. The molecule has 0 radical (unpaired) electrons. The molecule has 1 fully saturated rings. The van der Waals surface area contributed by atoms with Gasteiger partial charge < -0.3 is 14.7 Å². The van der Waals surface area contributed by atoms with E-state index in [1.165, 1.54) is 0 Å². The van der Waals surface area contributed by atoms with E-state index in [-0.39, 0.29) is 6.09 Å². The van der Waals surface area contributed by atoms with Crippen LogP contribution in [0.4, 0.5) is 4.79 Å². The molecule has 1 aliphatic heterocycles. The van der Waals surface area contributed by atoms with Crippen LogP contribution in [0.25, 0.3) is 0 Å². The molecule has 1 saturated heterocycles. The molecule has 5 nitrogen and oxygen atoms in total. The van der Waals surface area contributed by atoms with E-state index in [0.717, 1.165) is 37.9 Å². The molecule has 0 bridgehead atoms. The van der Waals surface area contributed by atoms with Gasteiger partial charge in [-0.05, 0) is 63.6 Å². The molecule has 1 heterocycles. The van der Waals surface area contributed by atoms with Crippen molar-refractivity contribution < 1.29 is 19.4 Å². The number of nitrogens with zero attached hydrogens (tertiary/aromatic N) is 1. The first-order chi connectivity index (χ1) is 10.7. The van der Waals surface area contributed by atoms with E-state index in [2.05, 4.69) is 0 Å². The molecule has 0 saturated carbocycles. The first-order valence-corrected chi connectivity index (χ1v) is 8.05. The van der Waals surface area contributed by atoms with Crippen LogP contribution in [0, 0.1) is 5.92 Å². The zero-order valence-corrected chi connectivity index (χ0v) is 14.0. The number of likely N-dealkylation sites (tertiary alicyclic amines) is 1. The van der Waals surface area contributed by atoms with Gasteiger partial charge in [0.1, 0.15) is 5.60 Å². The minimum atomic E-state index is -0.895. The Kier molecular flexibility index (Phi) is 5.29. The fourth-order valence-corrected chi connectivity index (χ4v) is 2.64. The Hall–Kier alpha value is -2.04. The van der Waals surface area contributed by atoms with E-state index >= 15 is 0 Å². The maximum atomic E-state index is 11.8. The smallest absolute Gasteiger partial charge is 0.410 e. The molecule has 1 amide bonds. The minimum Gasteiger partial charge on any atom is -0.478 e. The van der Waals surface area contributed by atoms with Crippen molar-refractivity contribution in [3.8, 4) is 0 Å². The Labute approximate surface area is 137 Å². The van der Waals surface area contributed by atoms with Crippen LogP contribution in [0.3, 0.4) is 0 Å². The zero-order valence-electron chi connectivity index (χ0n) is 14.0. The number of rotatable bonds is 5. The van der Waals surface area contributed by atoms with Crippen LogP contribution in [0.15, 0.2) is 24.3 Å². The van der Waals surface area contributed by atoms with Gasteiger partial charge in [0.2, 0.25) is 0 Å². The second-order valence-electron chi connectivity index (χ2n) is 7.15. The van der Waals surface area contributed by atoms with Gasteiger partial charge in [-0.1, -0.05) is 12.1 Å². The first-order valence-electron chi connectivity index (χ1n) is 8.05. The van der Waals surface area contributed by atoms with Crippen molar-refractivity contribution in [1.29, 1.82) is 0 Å². The third kappa shape index (κ3) is 5.27. The summed E-state index contributed by atoms with van der Waals surface area (Å²) in [6, 6.07) is 7.03. The molecule has 0 spiro atoms. The SMILES string of the molecule is CC(C)(C)OC(=O)N1CC(CCCc2ccc(C(=O)O)cc2)C1. The van der Waals surface area contributed by atoms with Crippen molar-refractivity contribution in [1.82, 2.24) is 4.90 Å². The lowest BCUT2D eigenvalue weighted by atomic mass is 9.93. The number of carboxylic acid groups (broad SMARTS) is 1. The highest BCUT2D eigenvalue weighted by Gasteiger charge is 2.33. The number of hydrogen-bond acceptors (Lipinski definition) is 3. The molecular formula is C18H25NO4. The van der Waals surface area contributed by atoms with Crippen LogP contribution in [0.1, 0.15) is 49.5 Å². The van der Waals surface area contributed by atoms with Crippen molar-refractivity contribution in [2.45, 2.75) is 45.6 Å². The second kappa shape index (κ2) is 7.02. The largest absolute Gasteiger partial charge is 0.478 e. The summed E-state index contributed by atoms with van der Waals surface area (Å²) in [5.41, 5.74) is 1.03. The van der Waals surface area contributed by atoms with E-state index in [9.17, 15) is 9.59 Å². The van der Waals surface area contributed by atoms with Gasteiger partial charge in [-0.15, -0.1) is 0 Å². The molecule has 0 aromatic heterocycles. The minimum absolute atomic E-state index is 0.224. The van der Waals surface area contributed by atoms with Crippen LogP contribution >= 0.6 is 0 Å². The number of carboxylic acids is 1. The van der Waals surface area contributed by atoms with Crippen LogP contribution in [0.2, 0.25) is 0 Å². The highest BCUT2D eigenvalue weighted by atomic mass is 16.6. The fraction of sp³-hybridized carbons (Fsp3) is 0.556. The maximum Gasteiger partial charge on any atom is 0.410 e. The van der Waals surface area contributed by atoms with Crippen LogP contribution in [0.5, 0.6) is 0 Å². The Morgan fingerprint density at radius 2 is 1.83 bits per heavy atom. The van der Waals surface area contributed by atoms with E-state index in [0.29, 0.717) is 11.5 Å². The number of aromatic carboxylic acids is 1. The Balaban J connectivity index is 1.65. The van der Waals surface area contributed by atoms with Gasteiger partial charge >= 0.3 is 12.1 Å². The number of aryl methyl sites for hydroxylation is 1. The summed E-state index contributed by atoms with van der Waals surface area (Å²) in [5, 5.41) is 8.86. The quantitative estimate of drug-likeness (QED) is 0.901. The number of carbonyl (C=O) groups excluding carboxylic acids is 1.